The molecule has 0 saturated heterocycles. The van der Waals surface area contributed by atoms with Crippen molar-refractivity contribution >= 4 is 28.9 Å². The highest BCUT2D eigenvalue weighted by molar-refractivity contribution is 6.31. The topological polar surface area (TPSA) is 99.3 Å². The molecule has 0 saturated carbocycles. The predicted molar refractivity (Wildman–Crippen MR) is 115 cm³/mol. The van der Waals surface area contributed by atoms with E-state index in [0.717, 1.165) is 5.56 Å². The van der Waals surface area contributed by atoms with Crippen LogP contribution in [0.2, 0.25) is 5.02 Å². The summed E-state index contributed by atoms with van der Waals surface area (Å²) in [7, 11) is 0. The highest BCUT2D eigenvalue weighted by Crippen LogP contribution is 2.30. The van der Waals surface area contributed by atoms with Crippen molar-refractivity contribution in [3.63, 3.8) is 0 Å². The number of anilines is 1. The van der Waals surface area contributed by atoms with Gasteiger partial charge in [-0.15, -0.1) is 0 Å². The maximum absolute atomic E-state index is 12.6. The third-order valence-corrected chi connectivity index (χ3v) is 4.89. The molecule has 1 aromatic heterocycles. The van der Waals surface area contributed by atoms with Gasteiger partial charge in [0.1, 0.15) is 17.1 Å². The van der Waals surface area contributed by atoms with Crippen molar-refractivity contribution in [2.75, 3.05) is 11.9 Å². The van der Waals surface area contributed by atoms with Gasteiger partial charge in [-0.2, -0.15) is 18.3 Å². The Balaban J connectivity index is 1.73. The van der Waals surface area contributed by atoms with Gasteiger partial charge in [0.2, 0.25) is 0 Å². The van der Waals surface area contributed by atoms with Gasteiger partial charge in [-0.1, -0.05) is 23.7 Å². The Morgan fingerprint density at radius 2 is 1.88 bits per heavy atom. The fourth-order valence-corrected chi connectivity index (χ4v) is 3.29. The number of ether oxygens (including phenoxy) is 1. The smallest absolute Gasteiger partial charge is 0.422 e. The van der Waals surface area contributed by atoms with Crippen LogP contribution in [0.4, 0.5) is 24.5 Å². The minimum atomic E-state index is -4.54. The molecule has 3 rings (SSSR count). The van der Waals surface area contributed by atoms with Crippen molar-refractivity contribution in [2.24, 2.45) is 0 Å². The van der Waals surface area contributed by atoms with Gasteiger partial charge in [-0.25, -0.2) is 0 Å². The van der Waals surface area contributed by atoms with Crippen LogP contribution in [0.25, 0.3) is 0 Å². The molecule has 33 heavy (non-hydrogen) atoms. The fraction of sp³-hybridized carbons (Fsp3) is 0.238. The Bertz CT molecular complexity index is 1190. The summed E-state index contributed by atoms with van der Waals surface area (Å²) in [6, 6.07) is 10.2. The molecule has 8 nitrogen and oxygen atoms in total. The summed E-state index contributed by atoms with van der Waals surface area (Å²) < 4.78 is 43.7. The number of hydrogen-bond acceptors (Lipinski definition) is 5. The largest absolute Gasteiger partial charge is 0.482 e. The van der Waals surface area contributed by atoms with Crippen molar-refractivity contribution in [2.45, 2.75) is 26.6 Å². The summed E-state index contributed by atoms with van der Waals surface area (Å²) in [5.74, 6) is -0.754. The van der Waals surface area contributed by atoms with Crippen LogP contribution in [0.3, 0.4) is 0 Å². The summed E-state index contributed by atoms with van der Waals surface area (Å²) in [6.45, 7) is 1.89. The number of carbonyl (C=O) groups is 1. The van der Waals surface area contributed by atoms with Crippen LogP contribution in [0, 0.1) is 24.0 Å². The SMILES string of the molecule is Cc1nn(Cc2ccc(C(=O)Nc3cc(Cl)ccc3OCC(F)(F)F)cc2)c(C)c1[N+](=O)[O-]. The van der Waals surface area contributed by atoms with E-state index >= 15 is 0 Å². The first-order chi connectivity index (χ1) is 15.4. The molecular formula is C21H18ClF3N4O4. The zero-order valence-corrected chi connectivity index (χ0v) is 18.2. The predicted octanol–water partition coefficient (Wildman–Crippen LogP) is 5.30. The van der Waals surface area contributed by atoms with E-state index in [1.807, 2.05) is 0 Å². The number of benzene rings is 2. The molecule has 0 aliphatic rings. The molecule has 0 radical (unpaired) electrons. The quantitative estimate of drug-likeness (QED) is 0.364. The van der Waals surface area contributed by atoms with Crippen LogP contribution >= 0.6 is 11.6 Å². The number of rotatable bonds is 7. The van der Waals surface area contributed by atoms with Gasteiger partial charge >= 0.3 is 11.9 Å². The lowest BCUT2D eigenvalue weighted by molar-refractivity contribution is -0.386. The van der Waals surface area contributed by atoms with E-state index in [1.54, 1.807) is 26.0 Å². The first-order valence-corrected chi connectivity index (χ1v) is 9.90. The fourth-order valence-electron chi connectivity index (χ4n) is 3.12. The number of hydrogen-bond donors (Lipinski definition) is 1. The zero-order chi connectivity index (χ0) is 24.3. The summed E-state index contributed by atoms with van der Waals surface area (Å²) >= 11 is 5.90. The summed E-state index contributed by atoms with van der Waals surface area (Å²) in [6.07, 6.45) is -4.54. The number of aromatic nitrogens is 2. The van der Waals surface area contributed by atoms with Crippen molar-refractivity contribution in [1.82, 2.24) is 9.78 Å². The Labute approximate surface area is 191 Å². The second-order valence-corrected chi connectivity index (χ2v) is 7.57. The maximum Gasteiger partial charge on any atom is 0.422 e. The first-order valence-electron chi connectivity index (χ1n) is 9.52. The van der Waals surface area contributed by atoms with Crippen LogP contribution in [-0.4, -0.2) is 33.4 Å². The van der Waals surface area contributed by atoms with E-state index in [9.17, 15) is 28.1 Å². The maximum atomic E-state index is 12.6. The molecule has 0 spiro atoms. The first kappa shape index (κ1) is 24.1. The molecule has 3 aromatic rings. The lowest BCUT2D eigenvalue weighted by Gasteiger charge is -2.14. The summed E-state index contributed by atoms with van der Waals surface area (Å²) in [5.41, 5.74) is 1.64. The monoisotopic (exact) mass is 482 g/mol. The Kier molecular flexibility index (Phi) is 6.92. The molecule has 1 amide bonds. The highest BCUT2D eigenvalue weighted by atomic mass is 35.5. The summed E-state index contributed by atoms with van der Waals surface area (Å²) in [4.78, 5) is 23.3. The van der Waals surface area contributed by atoms with Gasteiger partial charge in [-0.05, 0) is 49.7 Å². The second-order valence-electron chi connectivity index (χ2n) is 7.13. The lowest BCUT2D eigenvalue weighted by atomic mass is 10.1. The van der Waals surface area contributed by atoms with Gasteiger partial charge in [0.25, 0.3) is 5.91 Å². The zero-order valence-electron chi connectivity index (χ0n) is 17.4. The normalized spacial score (nSPS) is 11.3. The molecule has 1 N–H and O–H groups in total. The third-order valence-electron chi connectivity index (χ3n) is 4.66. The van der Waals surface area contributed by atoms with E-state index in [4.69, 9.17) is 16.3 Å². The van der Waals surface area contributed by atoms with E-state index < -0.39 is 23.6 Å². The second kappa shape index (κ2) is 9.49. The molecule has 0 fully saturated rings. The molecule has 0 bridgehead atoms. The molecule has 2 aromatic carbocycles. The number of nitrogens with zero attached hydrogens (tertiary/aromatic N) is 3. The van der Waals surface area contributed by atoms with Crippen molar-refractivity contribution in [3.8, 4) is 5.75 Å². The minimum absolute atomic E-state index is 0.00391. The Morgan fingerprint density at radius 3 is 2.45 bits per heavy atom. The van der Waals surface area contributed by atoms with Crippen LogP contribution in [0.15, 0.2) is 42.5 Å². The number of nitrogens with one attached hydrogen (secondary N) is 1. The van der Waals surface area contributed by atoms with E-state index in [2.05, 4.69) is 10.4 Å². The molecule has 0 unspecified atom stereocenters. The number of aryl methyl sites for hydroxylation is 1. The average molecular weight is 483 g/mol. The van der Waals surface area contributed by atoms with Crippen molar-refractivity contribution < 1.29 is 27.6 Å². The third kappa shape index (κ3) is 6.01. The minimum Gasteiger partial charge on any atom is -0.482 e. The Morgan fingerprint density at radius 1 is 1.21 bits per heavy atom. The number of amides is 1. The number of halogens is 4. The van der Waals surface area contributed by atoms with E-state index in [1.165, 1.54) is 35.0 Å². The van der Waals surface area contributed by atoms with Gasteiger partial charge in [-0.3, -0.25) is 19.6 Å². The summed E-state index contributed by atoms with van der Waals surface area (Å²) in [5, 5.41) is 18.0. The van der Waals surface area contributed by atoms with Crippen LogP contribution in [0.5, 0.6) is 5.75 Å². The molecular weight excluding hydrogens is 465 g/mol. The lowest BCUT2D eigenvalue weighted by Crippen LogP contribution is -2.20. The molecule has 0 aliphatic carbocycles. The number of alkyl halides is 3. The van der Waals surface area contributed by atoms with Crippen LogP contribution < -0.4 is 10.1 Å². The van der Waals surface area contributed by atoms with Crippen LogP contribution in [0.1, 0.15) is 27.3 Å². The van der Waals surface area contributed by atoms with Gasteiger partial charge < -0.3 is 10.1 Å². The highest BCUT2D eigenvalue weighted by Gasteiger charge is 2.29. The molecule has 0 aliphatic heterocycles. The van der Waals surface area contributed by atoms with E-state index in [-0.39, 0.29) is 34.3 Å². The number of carbonyl (C=O) groups excluding carboxylic acids is 1. The van der Waals surface area contributed by atoms with Crippen LogP contribution in [-0.2, 0) is 6.54 Å². The molecule has 0 atom stereocenters. The number of nitro groups is 1. The van der Waals surface area contributed by atoms with Gasteiger partial charge in [0.15, 0.2) is 6.61 Å². The Hall–Kier alpha value is -3.60. The standard InChI is InChI=1S/C21H18ClF3N4O4/c1-12-19(29(31)32)13(2)28(27-12)10-14-3-5-15(6-4-14)20(30)26-17-9-16(22)7-8-18(17)33-11-21(23,24)25/h3-9H,10-11H2,1-2H3,(H,26,30). The van der Waals surface area contributed by atoms with E-state index in [0.29, 0.717) is 11.4 Å². The molecule has 12 heteroatoms. The van der Waals surface area contributed by atoms with Gasteiger partial charge in [0.05, 0.1) is 17.2 Å². The molecule has 174 valence electrons. The van der Waals surface area contributed by atoms with Gasteiger partial charge in [0, 0.05) is 10.6 Å². The van der Waals surface area contributed by atoms with Crippen molar-refractivity contribution in [1.29, 1.82) is 0 Å². The average Bonchev–Trinajstić information content (AvgIpc) is 3.00. The van der Waals surface area contributed by atoms with Crippen molar-refractivity contribution in [3.05, 3.63) is 80.1 Å². The molecule has 1 heterocycles.